The van der Waals surface area contributed by atoms with Crippen LogP contribution < -0.4 is 0 Å². The molecule has 0 aliphatic heterocycles. The molecule has 2 aromatic heterocycles. The number of rotatable bonds is 1. The highest BCUT2D eigenvalue weighted by molar-refractivity contribution is 9.10. The number of pyridine rings is 1. The smallest absolute Gasteiger partial charge is 0.140 e. The Morgan fingerprint density at radius 3 is 2.59 bits per heavy atom. The molecule has 1 aromatic carbocycles. The summed E-state index contributed by atoms with van der Waals surface area (Å²) >= 11 is 3.44. The summed E-state index contributed by atoms with van der Waals surface area (Å²) in [6.45, 7) is 2.08. The molecule has 3 aromatic rings. The summed E-state index contributed by atoms with van der Waals surface area (Å²) in [5, 5.41) is 0. The Bertz CT molecular complexity index is 668. The van der Waals surface area contributed by atoms with E-state index in [9.17, 15) is 0 Å². The van der Waals surface area contributed by atoms with Gasteiger partial charge in [0.15, 0.2) is 0 Å². The highest BCUT2D eigenvalue weighted by atomic mass is 79.9. The Morgan fingerprint density at radius 2 is 1.88 bits per heavy atom. The molecule has 2 nitrogen and oxygen atoms in total. The molecule has 0 unspecified atom stereocenters. The zero-order valence-electron chi connectivity index (χ0n) is 9.39. The van der Waals surface area contributed by atoms with Gasteiger partial charge >= 0.3 is 0 Å². The number of nitrogens with zero attached hydrogens (tertiary/aromatic N) is 2. The molecule has 17 heavy (non-hydrogen) atoms. The Morgan fingerprint density at radius 1 is 1.12 bits per heavy atom. The van der Waals surface area contributed by atoms with Crippen molar-refractivity contribution < 1.29 is 0 Å². The van der Waals surface area contributed by atoms with Gasteiger partial charge in [-0.2, -0.15) is 0 Å². The summed E-state index contributed by atoms with van der Waals surface area (Å²) in [7, 11) is 0. The normalized spacial score (nSPS) is 10.9. The first-order valence-corrected chi connectivity index (χ1v) is 6.23. The molecule has 0 bridgehead atoms. The minimum absolute atomic E-state index is 1.01. The zero-order chi connectivity index (χ0) is 11.8. The van der Waals surface area contributed by atoms with Crippen LogP contribution in [0.25, 0.3) is 16.9 Å². The van der Waals surface area contributed by atoms with Gasteiger partial charge in [0.05, 0.1) is 5.69 Å². The quantitative estimate of drug-likeness (QED) is 0.659. The lowest BCUT2D eigenvalue weighted by Crippen LogP contribution is -1.83. The minimum atomic E-state index is 1.01. The third-order valence-corrected chi connectivity index (χ3v) is 3.35. The Hall–Kier alpha value is -1.61. The van der Waals surface area contributed by atoms with Crippen LogP contribution in [0.3, 0.4) is 0 Å². The van der Waals surface area contributed by atoms with Crippen LogP contribution in [-0.2, 0) is 0 Å². The van der Waals surface area contributed by atoms with E-state index in [0.717, 1.165) is 21.4 Å². The lowest BCUT2D eigenvalue weighted by molar-refractivity contribution is 1.16. The van der Waals surface area contributed by atoms with Crippen molar-refractivity contribution >= 4 is 21.6 Å². The molecule has 3 heteroatoms. The second-order valence-corrected chi connectivity index (χ2v) is 4.97. The number of hydrogen-bond acceptors (Lipinski definition) is 1. The van der Waals surface area contributed by atoms with Crippen LogP contribution in [0.5, 0.6) is 0 Å². The van der Waals surface area contributed by atoms with Gasteiger partial charge in [0.25, 0.3) is 0 Å². The van der Waals surface area contributed by atoms with Crippen LogP contribution in [0, 0.1) is 6.92 Å². The van der Waals surface area contributed by atoms with E-state index in [1.54, 1.807) is 0 Å². The van der Waals surface area contributed by atoms with Crippen LogP contribution in [-0.4, -0.2) is 9.38 Å². The molecule has 2 heterocycles. The lowest BCUT2D eigenvalue weighted by atomic mass is 10.2. The summed E-state index contributed by atoms with van der Waals surface area (Å²) < 4.78 is 3.15. The number of aryl methyl sites for hydroxylation is 1. The second-order valence-electron chi connectivity index (χ2n) is 4.06. The Kier molecular flexibility index (Phi) is 2.48. The Balaban J connectivity index is 2.18. The van der Waals surface area contributed by atoms with Crippen molar-refractivity contribution in [3.05, 3.63) is 58.8 Å². The molecule has 0 aliphatic carbocycles. The van der Waals surface area contributed by atoms with Gasteiger partial charge in [0.2, 0.25) is 0 Å². The first-order chi connectivity index (χ1) is 8.24. The van der Waals surface area contributed by atoms with Crippen molar-refractivity contribution in [1.29, 1.82) is 0 Å². The molecule has 0 saturated carbocycles. The van der Waals surface area contributed by atoms with E-state index < -0.39 is 0 Å². The van der Waals surface area contributed by atoms with Gasteiger partial charge in [-0.3, -0.25) is 0 Å². The second kappa shape index (κ2) is 4.00. The van der Waals surface area contributed by atoms with Crippen LogP contribution in [0.1, 0.15) is 5.56 Å². The molecule has 84 valence electrons. The van der Waals surface area contributed by atoms with Gasteiger partial charge in [-0.1, -0.05) is 34.1 Å². The predicted molar refractivity (Wildman–Crippen MR) is 73.1 cm³/mol. The zero-order valence-corrected chi connectivity index (χ0v) is 11.0. The van der Waals surface area contributed by atoms with E-state index in [1.165, 1.54) is 5.56 Å². The highest BCUT2D eigenvalue weighted by Crippen LogP contribution is 2.22. The molecule has 0 spiro atoms. The lowest BCUT2D eigenvalue weighted by Gasteiger charge is -1.95. The molecule has 3 rings (SSSR count). The van der Waals surface area contributed by atoms with Gasteiger partial charge in [0.1, 0.15) is 5.65 Å². The average molecular weight is 287 g/mol. The van der Waals surface area contributed by atoms with E-state index in [1.807, 2.05) is 24.4 Å². The van der Waals surface area contributed by atoms with Crippen molar-refractivity contribution in [1.82, 2.24) is 9.38 Å². The maximum atomic E-state index is 4.66. The largest absolute Gasteiger partial charge is 0.306 e. The maximum absolute atomic E-state index is 4.66. The standard InChI is InChI=1S/C14H11BrN2/c1-10-3-2-8-17-9-13(16-14(10)17)11-4-6-12(15)7-5-11/h2-9H,1H3. The number of benzene rings is 1. The van der Waals surface area contributed by atoms with Gasteiger partial charge in [-0.05, 0) is 30.7 Å². The van der Waals surface area contributed by atoms with E-state index in [2.05, 4.69) is 56.6 Å². The molecule has 0 saturated heterocycles. The van der Waals surface area contributed by atoms with Gasteiger partial charge in [0, 0.05) is 22.4 Å². The molecule has 0 amide bonds. The number of aromatic nitrogens is 2. The summed E-state index contributed by atoms with van der Waals surface area (Å²) in [6.07, 6.45) is 4.09. The van der Waals surface area contributed by atoms with Gasteiger partial charge in [-0.15, -0.1) is 0 Å². The predicted octanol–water partition coefficient (Wildman–Crippen LogP) is 4.07. The Labute approximate surface area is 108 Å². The molecule has 0 N–H and O–H groups in total. The minimum Gasteiger partial charge on any atom is -0.306 e. The summed E-state index contributed by atoms with van der Waals surface area (Å²) in [5.41, 5.74) is 4.35. The number of hydrogen-bond donors (Lipinski definition) is 0. The SMILES string of the molecule is Cc1cccn2cc(-c3ccc(Br)cc3)nc12. The van der Waals surface area contributed by atoms with Crippen molar-refractivity contribution in [2.75, 3.05) is 0 Å². The molecular formula is C14H11BrN2. The van der Waals surface area contributed by atoms with Crippen LogP contribution >= 0.6 is 15.9 Å². The fourth-order valence-electron chi connectivity index (χ4n) is 1.91. The van der Waals surface area contributed by atoms with Gasteiger partial charge in [-0.25, -0.2) is 4.98 Å². The number of imidazole rings is 1. The van der Waals surface area contributed by atoms with Crippen LogP contribution in [0.15, 0.2) is 53.3 Å². The van der Waals surface area contributed by atoms with Gasteiger partial charge < -0.3 is 4.40 Å². The molecular weight excluding hydrogens is 276 g/mol. The number of halogens is 1. The summed E-state index contributed by atoms with van der Waals surface area (Å²) in [4.78, 5) is 4.66. The fourth-order valence-corrected chi connectivity index (χ4v) is 2.18. The molecule has 0 aliphatic rings. The monoisotopic (exact) mass is 286 g/mol. The first-order valence-electron chi connectivity index (χ1n) is 5.44. The third kappa shape index (κ3) is 1.87. The molecule has 0 fully saturated rings. The number of fused-ring (bicyclic) bond motifs is 1. The van der Waals surface area contributed by atoms with Crippen molar-refractivity contribution in [2.24, 2.45) is 0 Å². The van der Waals surface area contributed by atoms with Crippen molar-refractivity contribution in [2.45, 2.75) is 6.92 Å². The molecule has 0 radical (unpaired) electrons. The maximum Gasteiger partial charge on any atom is 0.140 e. The highest BCUT2D eigenvalue weighted by Gasteiger charge is 2.05. The first kappa shape index (κ1) is 10.5. The van der Waals surface area contributed by atoms with E-state index in [0.29, 0.717) is 0 Å². The van der Waals surface area contributed by atoms with E-state index >= 15 is 0 Å². The molecule has 0 atom stereocenters. The van der Waals surface area contributed by atoms with E-state index in [4.69, 9.17) is 0 Å². The average Bonchev–Trinajstić information content (AvgIpc) is 2.75. The van der Waals surface area contributed by atoms with Crippen molar-refractivity contribution in [3.63, 3.8) is 0 Å². The fraction of sp³-hybridized carbons (Fsp3) is 0.0714. The van der Waals surface area contributed by atoms with Crippen molar-refractivity contribution in [3.8, 4) is 11.3 Å². The van der Waals surface area contributed by atoms with E-state index in [-0.39, 0.29) is 0 Å². The topological polar surface area (TPSA) is 17.3 Å². The third-order valence-electron chi connectivity index (χ3n) is 2.82. The summed E-state index contributed by atoms with van der Waals surface area (Å²) in [5.74, 6) is 0. The van der Waals surface area contributed by atoms with Crippen LogP contribution in [0.2, 0.25) is 0 Å². The summed E-state index contributed by atoms with van der Waals surface area (Å²) in [6, 6.07) is 12.3. The van der Waals surface area contributed by atoms with Crippen LogP contribution in [0.4, 0.5) is 0 Å².